The molecule has 6 heteroatoms. The largest absolute Gasteiger partial charge is 0.476 e. The zero-order chi connectivity index (χ0) is 10.8. The van der Waals surface area contributed by atoms with Gasteiger partial charge in [0, 0.05) is 7.05 Å². The highest BCUT2D eigenvalue weighted by atomic mass is 35.5. The summed E-state index contributed by atoms with van der Waals surface area (Å²) < 4.78 is 7.20. The van der Waals surface area contributed by atoms with Crippen LogP contribution in [0, 0.1) is 0 Å². The molecule has 0 aliphatic rings. The van der Waals surface area contributed by atoms with Crippen molar-refractivity contribution < 1.29 is 4.74 Å². The van der Waals surface area contributed by atoms with Crippen LogP contribution >= 0.6 is 11.6 Å². The van der Waals surface area contributed by atoms with Crippen LogP contribution in [0.15, 0.2) is 6.33 Å². The van der Waals surface area contributed by atoms with Crippen molar-refractivity contribution in [3.8, 4) is 5.88 Å². The third kappa shape index (κ3) is 1.74. The van der Waals surface area contributed by atoms with Crippen LogP contribution in [0.2, 0.25) is 0 Å². The lowest BCUT2D eigenvalue weighted by Gasteiger charge is -2.04. The summed E-state index contributed by atoms with van der Waals surface area (Å²) in [4.78, 5) is 12.6. The summed E-state index contributed by atoms with van der Waals surface area (Å²) in [5, 5.41) is 0. The van der Waals surface area contributed by atoms with Gasteiger partial charge in [-0.3, -0.25) is 0 Å². The monoisotopic (exact) mass is 226 g/mol. The van der Waals surface area contributed by atoms with Gasteiger partial charge in [0.05, 0.1) is 18.8 Å². The van der Waals surface area contributed by atoms with Gasteiger partial charge in [0.1, 0.15) is 5.82 Å². The van der Waals surface area contributed by atoms with E-state index in [1.807, 2.05) is 18.5 Å². The molecule has 0 saturated carbocycles. The number of aryl methyl sites for hydroxylation is 1. The molecule has 0 aliphatic carbocycles. The summed E-state index contributed by atoms with van der Waals surface area (Å²) in [6, 6.07) is 0. The van der Waals surface area contributed by atoms with Crippen molar-refractivity contribution in [1.82, 2.24) is 19.5 Å². The average Bonchev–Trinajstić information content (AvgIpc) is 2.61. The van der Waals surface area contributed by atoms with Crippen molar-refractivity contribution in [1.29, 1.82) is 0 Å². The van der Waals surface area contributed by atoms with E-state index < -0.39 is 0 Å². The Bertz CT molecular complexity index is 482. The SMILES string of the molecule is CCOc1nc(CCl)nc2c1ncn2C. The van der Waals surface area contributed by atoms with E-state index in [-0.39, 0.29) is 5.88 Å². The van der Waals surface area contributed by atoms with E-state index in [9.17, 15) is 0 Å². The second-order valence-corrected chi connectivity index (χ2v) is 3.31. The fraction of sp³-hybridized carbons (Fsp3) is 0.444. The van der Waals surface area contributed by atoms with Gasteiger partial charge in [-0.25, -0.2) is 9.97 Å². The van der Waals surface area contributed by atoms with Crippen molar-refractivity contribution >= 4 is 22.8 Å². The van der Waals surface area contributed by atoms with Gasteiger partial charge in [-0.1, -0.05) is 0 Å². The molecule has 2 aromatic rings. The summed E-state index contributed by atoms with van der Waals surface area (Å²) in [5.74, 6) is 1.32. The van der Waals surface area contributed by atoms with Gasteiger partial charge in [-0.2, -0.15) is 4.98 Å². The molecule has 0 radical (unpaired) electrons. The lowest BCUT2D eigenvalue weighted by atomic mass is 10.5. The molecule has 80 valence electrons. The van der Waals surface area contributed by atoms with Crippen LogP contribution in [0.5, 0.6) is 5.88 Å². The number of ether oxygens (including phenoxy) is 1. The van der Waals surface area contributed by atoms with E-state index in [4.69, 9.17) is 16.3 Å². The van der Waals surface area contributed by atoms with Crippen LogP contribution in [0.4, 0.5) is 0 Å². The molecule has 0 aromatic carbocycles. The quantitative estimate of drug-likeness (QED) is 0.745. The second kappa shape index (κ2) is 4.02. The molecule has 0 bridgehead atoms. The summed E-state index contributed by atoms with van der Waals surface area (Å²) in [7, 11) is 1.87. The van der Waals surface area contributed by atoms with Gasteiger partial charge in [-0.05, 0) is 6.92 Å². The number of aromatic nitrogens is 4. The highest BCUT2D eigenvalue weighted by Gasteiger charge is 2.11. The van der Waals surface area contributed by atoms with E-state index >= 15 is 0 Å². The van der Waals surface area contributed by atoms with E-state index in [1.54, 1.807) is 6.33 Å². The molecule has 2 rings (SSSR count). The first-order valence-corrected chi connectivity index (χ1v) is 5.16. The molecule has 0 aliphatic heterocycles. The highest BCUT2D eigenvalue weighted by Crippen LogP contribution is 2.20. The molecular weight excluding hydrogens is 216 g/mol. The topological polar surface area (TPSA) is 52.8 Å². The number of hydrogen-bond acceptors (Lipinski definition) is 4. The van der Waals surface area contributed by atoms with Crippen molar-refractivity contribution in [2.24, 2.45) is 7.05 Å². The summed E-state index contributed by atoms with van der Waals surface area (Å²) in [5.41, 5.74) is 1.41. The van der Waals surface area contributed by atoms with Crippen molar-refractivity contribution in [3.63, 3.8) is 0 Å². The molecule has 0 spiro atoms. The summed E-state index contributed by atoms with van der Waals surface area (Å²) in [6.45, 7) is 2.45. The fourth-order valence-electron chi connectivity index (χ4n) is 1.32. The molecule has 2 heterocycles. The van der Waals surface area contributed by atoms with Crippen molar-refractivity contribution in [2.45, 2.75) is 12.8 Å². The van der Waals surface area contributed by atoms with Crippen LogP contribution in [0.1, 0.15) is 12.7 Å². The van der Waals surface area contributed by atoms with Gasteiger partial charge >= 0.3 is 0 Å². The summed E-state index contributed by atoms with van der Waals surface area (Å²) >= 11 is 5.71. The molecule has 0 N–H and O–H groups in total. The number of rotatable bonds is 3. The predicted octanol–water partition coefficient (Wildman–Crippen LogP) is 1.50. The molecule has 0 unspecified atom stereocenters. The molecule has 5 nitrogen and oxygen atoms in total. The van der Waals surface area contributed by atoms with Gasteiger partial charge < -0.3 is 9.30 Å². The standard InChI is InChI=1S/C9H11ClN4O/c1-3-15-9-7-8(14(2)5-11-7)12-6(4-10)13-9/h5H,3-4H2,1-2H3. The zero-order valence-electron chi connectivity index (χ0n) is 8.57. The highest BCUT2D eigenvalue weighted by molar-refractivity contribution is 6.16. The van der Waals surface area contributed by atoms with E-state index in [2.05, 4.69) is 15.0 Å². The van der Waals surface area contributed by atoms with Crippen molar-refractivity contribution in [2.75, 3.05) is 6.61 Å². The van der Waals surface area contributed by atoms with Crippen LogP contribution < -0.4 is 4.74 Å². The average molecular weight is 227 g/mol. The molecular formula is C9H11ClN4O. The second-order valence-electron chi connectivity index (χ2n) is 3.04. The Morgan fingerprint density at radius 1 is 1.47 bits per heavy atom. The minimum Gasteiger partial charge on any atom is -0.476 e. The van der Waals surface area contributed by atoms with E-state index in [0.717, 1.165) is 5.65 Å². The predicted molar refractivity (Wildman–Crippen MR) is 57.0 cm³/mol. The number of nitrogens with zero attached hydrogens (tertiary/aromatic N) is 4. The van der Waals surface area contributed by atoms with Crippen LogP contribution in [0.3, 0.4) is 0 Å². The Labute approximate surface area is 92.1 Å². The minimum atomic E-state index is 0.265. The number of alkyl halides is 1. The van der Waals surface area contributed by atoms with Crippen molar-refractivity contribution in [3.05, 3.63) is 12.2 Å². The van der Waals surface area contributed by atoms with Gasteiger partial charge in [0.25, 0.3) is 0 Å². The number of imidazole rings is 1. The molecule has 0 saturated heterocycles. The zero-order valence-corrected chi connectivity index (χ0v) is 9.32. The molecule has 0 amide bonds. The third-order valence-electron chi connectivity index (χ3n) is 1.97. The maximum absolute atomic E-state index is 5.71. The van der Waals surface area contributed by atoms with Crippen LogP contribution in [-0.2, 0) is 12.9 Å². The number of hydrogen-bond donors (Lipinski definition) is 0. The summed E-state index contributed by atoms with van der Waals surface area (Å²) in [6.07, 6.45) is 1.68. The maximum atomic E-state index is 5.71. The van der Waals surface area contributed by atoms with Gasteiger partial charge in [0.15, 0.2) is 11.2 Å². The minimum absolute atomic E-state index is 0.265. The lowest BCUT2D eigenvalue weighted by Crippen LogP contribution is -2.01. The van der Waals surface area contributed by atoms with Crippen LogP contribution in [0.25, 0.3) is 11.2 Å². The van der Waals surface area contributed by atoms with E-state index in [0.29, 0.717) is 23.8 Å². The Hall–Kier alpha value is -1.36. The number of halogens is 1. The fourth-order valence-corrected chi connectivity index (χ4v) is 1.44. The first-order valence-electron chi connectivity index (χ1n) is 4.63. The molecule has 15 heavy (non-hydrogen) atoms. The van der Waals surface area contributed by atoms with E-state index in [1.165, 1.54) is 0 Å². The van der Waals surface area contributed by atoms with Gasteiger partial charge in [-0.15, -0.1) is 11.6 Å². The normalized spacial score (nSPS) is 10.9. The maximum Gasteiger partial charge on any atom is 0.245 e. The Kier molecular flexibility index (Phi) is 2.73. The molecule has 0 atom stereocenters. The Morgan fingerprint density at radius 3 is 2.93 bits per heavy atom. The Balaban J connectivity index is 2.65. The number of fused-ring (bicyclic) bond motifs is 1. The van der Waals surface area contributed by atoms with Gasteiger partial charge in [0.2, 0.25) is 5.88 Å². The Morgan fingerprint density at radius 2 is 2.27 bits per heavy atom. The molecule has 2 aromatic heterocycles. The lowest BCUT2D eigenvalue weighted by molar-refractivity contribution is 0.329. The van der Waals surface area contributed by atoms with Crippen LogP contribution in [-0.4, -0.2) is 26.1 Å². The molecule has 0 fully saturated rings. The first-order chi connectivity index (χ1) is 7.26. The third-order valence-corrected chi connectivity index (χ3v) is 2.21. The smallest absolute Gasteiger partial charge is 0.245 e. The first kappa shape index (κ1) is 10.2.